The number of carbonyl (C=O) groups is 2. The van der Waals surface area contributed by atoms with Gasteiger partial charge in [0.05, 0.1) is 18.6 Å². The smallest absolute Gasteiger partial charge is 0.256 e. The number of hydrogen-bond acceptors (Lipinski definition) is 5. The zero-order chi connectivity index (χ0) is 23.4. The molecule has 2 fully saturated rings. The van der Waals surface area contributed by atoms with Crippen LogP contribution in [0.5, 0.6) is 0 Å². The SMILES string of the molecule is CO/C(C)=C1\CC(NC(=O)c2ccc(CN3CCCC3=O)cc2)=N\C1=C(\C)C1CCOCC1. The van der Waals surface area contributed by atoms with Crippen molar-refractivity contribution in [3.05, 3.63) is 58.0 Å². The summed E-state index contributed by atoms with van der Waals surface area (Å²) in [5.74, 6) is 1.91. The summed E-state index contributed by atoms with van der Waals surface area (Å²) in [6, 6.07) is 7.44. The van der Waals surface area contributed by atoms with Gasteiger partial charge >= 0.3 is 0 Å². The van der Waals surface area contributed by atoms with Gasteiger partial charge in [0, 0.05) is 50.3 Å². The molecule has 2 amide bonds. The average Bonchev–Trinajstić information content (AvgIpc) is 3.45. The van der Waals surface area contributed by atoms with E-state index in [1.54, 1.807) is 7.11 Å². The van der Waals surface area contributed by atoms with Crippen molar-refractivity contribution in [2.45, 2.75) is 52.5 Å². The molecule has 1 aromatic carbocycles. The highest BCUT2D eigenvalue weighted by molar-refractivity contribution is 6.08. The highest BCUT2D eigenvalue weighted by Gasteiger charge is 2.27. The zero-order valence-electron chi connectivity index (χ0n) is 19.8. The van der Waals surface area contributed by atoms with Gasteiger partial charge in [0.25, 0.3) is 5.91 Å². The van der Waals surface area contributed by atoms with Gasteiger partial charge in [0.2, 0.25) is 5.91 Å². The first-order valence-corrected chi connectivity index (χ1v) is 11.7. The quantitative estimate of drug-likeness (QED) is 0.687. The van der Waals surface area contributed by atoms with Gasteiger partial charge in [-0.15, -0.1) is 0 Å². The van der Waals surface area contributed by atoms with Crippen LogP contribution < -0.4 is 5.32 Å². The molecule has 1 aromatic rings. The van der Waals surface area contributed by atoms with Crippen LogP contribution in [-0.4, -0.2) is 49.4 Å². The van der Waals surface area contributed by atoms with E-state index in [1.165, 1.54) is 5.57 Å². The van der Waals surface area contributed by atoms with E-state index >= 15 is 0 Å². The highest BCUT2D eigenvalue weighted by atomic mass is 16.5. The lowest BCUT2D eigenvalue weighted by molar-refractivity contribution is -0.128. The van der Waals surface area contributed by atoms with Gasteiger partial charge in [-0.25, -0.2) is 4.99 Å². The Hall–Kier alpha value is -2.93. The van der Waals surface area contributed by atoms with Crippen LogP contribution in [0.25, 0.3) is 0 Å². The second-order valence-electron chi connectivity index (χ2n) is 8.96. The fourth-order valence-electron chi connectivity index (χ4n) is 4.69. The number of allylic oxidation sites excluding steroid dienone is 3. The Balaban J connectivity index is 1.47. The number of hydrogen-bond donors (Lipinski definition) is 1. The monoisotopic (exact) mass is 451 g/mol. The molecular weight excluding hydrogens is 418 g/mol. The Bertz CT molecular complexity index is 1000. The van der Waals surface area contributed by atoms with E-state index in [4.69, 9.17) is 14.5 Å². The van der Waals surface area contributed by atoms with Gasteiger partial charge < -0.3 is 19.7 Å². The fraction of sp³-hybridized carbons (Fsp3) is 0.500. The van der Waals surface area contributed by atoms with Crippen molar-refractivity contribution in [2.24, 2.45) is 10.9 Å². The summed E-state index contributed by atoms with van der Waals surface area (Å²) < 4.78 is 11.0. The van der Waals surface area contributed by atoms with E-state index in [0.717, 1.165) is 61.6 Å². The van der Waals surface area contributed by atoms with Gasteiger partial charge in [-0.3, -0.25) is 9.59 Å². The summed E-state index contributed by atoms with van der Waals surface area (Å²) in [7, 11) is 1.66. The van der Waals surface area contributed by atoms with Crippen molar-refractivity contribution in [3.63, 3.8) is 0 Å². The molecule has 3 aliphatic rings. The Morgan fingerprint density at radius 2 is 1.94 bits per heavy atom. The number of benzene rings is 1. The molecule has 0 bridgehead atoms. The molecule has 3 aliphatic heterocycles. The molecule has 0 spiro atoms. The second-order valence-corrected chi connectivity index (χ2v) is 8.96. The minimum atomic E-state index is -0.183. The van der Waals surface area contributed by atoms with Crippen molar-refractivity contribution < 1.29 is 19.1 Å². The van der Waals surface area contributed by atoms with E-state index in [1.807, 2.05) is 36.1 Å². The van der Waals surface area contributed by atoms with Crippen LogP contribution in [0.1, 0.15) is 61.9 Å². The first-order chi connectivity index (χ1) is 16.0. The molecule has 33 heavy (non-hydrogen) atoms. The molecule has 4 rings (SSSR count). The van der Waals surface area contributed by atoms with E-state index in [-0.39, 0.29) is 11.8 Å². The normalized spacial score (nSPS) is 22.3. The molecule has 0 saturated carbocycles. The molecule has 2 saturated heterocycles. The van der Waals surface area contributed by atoms with Gasteiger partial charge in [0.15, 0.2) is 0 Å². The van der Waals surface area contributed by atoms with Crippen LogP contribution in [0.3, 0.4) is 0 Å². The molecule has 0 atom stereocenters. The Kier molecular flexibility index (Phi) is 7.28. The summed E-state index contributed by atoms with van der Waals surface area (Å²) in [5, 5.41) is 2.99. The third-order valence-corrected chi connectivity index (χ3v) is 6.83. The lowest BCUT2D eigenvalue weighted by atomic mass is 9.89. The lowest BCUT2D eigenvalue weighted by Crippen LogP contribution is -2.29. The Morgan fingerprint density at radius 1 is 1.21 bits per heavy atom. The summed E-state index contributed by atoms with van der Waals surface area (Å²) in [6.07, 6.45) is 4.07. The van der Waals surface area contributed by atoms with Crippen molar-refractivity contribution in [1.29, 1.82) is 0 Å². The van der Waals surface area contributed by atoms with Crippen LogP contribution >= 0.6 is 0 Å². The van der Waals surface area contributed by atoms with Crippen molar-refractivity contribution in [1.82, 2.24) is 10.2 Å². The summed E-state index contributed by atoms with van der Waals surface area (Å²) in [4.78, 5) is 31.4. The number of aliphatic imine (C=N–C) groups is 1. The van der Waals surface area contributed by atoms with Crippen LogP contribution in [-0.2, 0) is 20.8 Å². The zero-order valence-corrected chi connectivity index (χ0v) is 19.8. The van der Waals surface area contributed by atoms with Gasteiger partial charge in [-0.05, 0) is 62.3 Å². The van der Waals surface area contributed by atoms with Gasteiger partial charge in [-0.1, -0.05) is 12.1 Å². The van der Waals surface area contributed by atoms with Crippen LogP contribution in [0.2, 0.25) is 0 Å². The molecule has 7 nitrogen and oxygen atoms in total. The molecule has 1 N–H and O–H groups in total. The first kappa shape index (κ1) is 23.2. The molecule has 0 aromatic heterocycles. The molecule has 176 valence electrons. The summed E-state index contributed by atoms with van der Waals surface area (Å²) in [5.41, 5.74) is 4.79. The standard InChI is InChI=1S/C26H33N3O4/c1-17(20-10-13-33-14-11-20)25-22(18(2)32-3)15-23(27-25)28-26(31)21-8-6-19(7-9-21)16-29-12-4-5-24(29)30/h6-9,20H,4-5,10-16H2,1-3H3,(H,27,28,31)/b22-18+,25-17-. The Labute approximate surface area is 195 Å². The van der Waals surface area contributed by atoms with E-state index in [9.17, 15) is 9.59 Å². The molecule has 0 radical (unpaired) electrons. The van der Waals surface area contributed by atoms with Crippen LogP contribution in [0.4, 0.5) is 0 Å². The predicted molar refractivity (Wildman–Crippen MR) is 127 cm³/mol. The molecule has 0 aliphatic carbocycles. The van der Waals surface area contributed by atoms with Crippen molar-refractivity contribution >= 4 is 17.6 Å². The van der Waals surface area contributed by atoms with Crippen LogP contribution in [0, 0.1) is 5.92 Å². The van der Waals surface area contributed by atoms with E-state index in [0.29, 0.717) is 36.7 Å². The number of likely N-dealkylation sites (tertiary alicyclic amines) is 1. The fourth-order valence-corrected chi connectivity index (χ4v) is 4.69. The number of carbonyl (C=O) groups excluding carboxylic acids is 2. The van der Waals surface area contributed by atoms with Crippen molar-refractivity contribution in [3.8, 4) is 0 Å². The molecular formula is C26H33N3O4. The minimum absolute atomic E-state index is 0.183. The maximum absolute atomic E-state index is 12.9. The van der Waals surface area contributed by atoms with Crippen LogP contribution in [0.15, 0.2) is 51.9 Å². The third-order valence-electron chi connectivity index (χ3n) is 6.83. The largest absolute Gasteiger partial charge is 0.501 e. The van der Waals surface area contributed by atoms with Crippen molar-refractivity contribution in [2.75, 3.05) is 26.9 Å². The highest BCUT2D eigenvalue weighted by Crippen LogP contribution is 2.35. The molecule has 3 heterocycles. The first-order valence-electron chi connectivity index (χ1n) is 11.7. The maximum atomic E-state index is 12.9. The topological polar surface area (TPSA) is 80.2 Å². The van der Waals surface area contributed by atoms with E-state index < -0.39 is 0 Å². The minimum Gasteiger partial charge on any atom is -0.501 e. The second kappa shape index (κ2) is 10.3. The molecule has 7 heteroatoms. The number of methoxy groups -OCH3 is 1. The van der Waals surface area contributed by atoms with Gasteiger partial charge in [0.1, 0.15) is 5.84 Å². The lowest BCUT2D eigenvalue weighted by Gasteiger charge is -2.24. The summed E-state index contributed by atoms with van der Waals surface area (Å²) >= 11 is 0. The number of amidine groups is 1. The third kappa shape index (κ3) is 5.36. The number of ether oxygens (including phenoxy) is 2. The Morgan fingerprint density at radius 3 is 2.58 bits per heavy atom. The average molecular weight is 452 g/mol. The maximum Gasteiger partial charge on any atom is 0.256 e. The summed E-state index contributed by atoms with van der Waals surface area (Å²) in [6.45, 7) is 7.01. The number of nitrogens with one attached hydrogen (secondary N) is 1. The molecule has 0 unspecified atom stereocenters. The van der Waals surface area contributed by atoms with E-state index in [2.05, 4.69) is 12.2 Å². The number of nitrogens with zero attached hydrogens (tertiary/aromatic N) is 2. The number of amides is 2. The number of rotatable bonds is 5. The van der Waals surface area contributed by atoms with Gasteiger partial charge in [-0.2, -0.15) is 0 Å². The predicted octanol–water partition coefficient (Wildman–Crippen LogP) is 3.96.